The van der Waals surface area contributed by atoms with E-state index in [0.29, 0.717) is 8.64 Å². The van der Waals surface area contributed by atoms with Crippen LogP contribution in [-0.2, 0) is 38.1 Å². The summed E-state index contributed by atoms with van der Waals surface area (Å²) in [5.74, 6) is 1.59. The Bertz CT molecular complexity index is 807. The molecule has 0 saturated carbocycles. The van der Waals surface area contributed by atoms with E-state index in [1.165, 1.54) is 58.5 Å². The van der Waals surface area contributed by atoms with Crippen molar-refractivity contribution in [3.05, 3.63) is 71.8 Å². The normalized spacial score (nSPS) is 15.9. The van der Waals surface area contributed by atoms with Gasteiger partial charge in [0.2, 0.25) is 0 Å². The van der Waals surface area contributed by atoms with Gasteiger partial charge in [-0.1, -0.05) is 69.3 Å². The van der Waals surface area contributed by atoms with E-state index in [2.05, 4.69) is 84.3 Å². The number of hydrogen-bond donors (Lipinski definition) is 0. The van der Waals surface area contributed by atoms with Crippen molar-refractivity contribution in [2.24, 2.45) is 11.8 Å². The number of thiocarbonyl (C=S) groups is 2. The minimum atomic E-state index is 0.218. The molecule has 2 aliphatic rings. The summed E-state index contributed by atoms with van der Waals surface area (Å²) in [4.78, 5) is 4.29. The predicted molar refractivity (Wildman–Crippen MR) is 176 cm³/mol. The molecule has 2 aromatic carbocycles. The molecule has 0 spiro atoms. The first-order valence-corrected chi connectivity index (χ1v) is 19.3. The van der Waals surface area contributed by atoms with Crippen molar-refractivity contribution in [2.45, 2.75) is 61.2 Å². The van der Waals surface area contributed by atoms with Crippen molar-refractivity contribution in [1.82, 2.24) is 9.80 Å². The van der Waals surface area contributed by atoms with Gasteiger partial charge in [0.15, 0.2) is 0 Å². The summed E-state index contributed by atoms with van der Waals surface area (Å²) in [5, 5.41) is 0. The zero-order valence-electron chi connectivity index (χ0n) is 22.4. The first-order chi connectivity index (χ1) is 17.9. The summed E-state index contributed by atoms with van der Waals surface area (Å²) in [6.07, 6.45) is 7.24. The number of likely N-dealkylation sites (tertiary alicyclic amines) is 2. The number of hydrogen-bond acceptors (Lipinski definition) is 4. The molecule has 0 unspecified atom stereocenters. The maximum atomic E-state index is 5.02. The zero-order valence-corrected chi connectivity index (χ0v) is 28.6. The van der Waals surface area contributed by atoms with Gasteiger partial charge >= 0.3 is 43.9 Å². The molecule has 0 aromatic heterocycles. The fourth-order valence-corrected chi connectivity index (χ4v) is 6.94. The van der Waals surface area contributed by atoms with Gasteiger partial charge in [0.25, 0.3) is 0 Å². The van der Waals surface area contributed by atoms with Gasteiger partial charge in [-0.15, -0.1) is 0 Å². The molecule has 7 heteroatoms. The fraction of sp³-hybridized carbons (Fsp3) is 0.533. The van der Waals surface area contributed by atoms with Crippen LogP contribution in [0.2, 0.25) is 8.87 Å². The van der Waals surface area contributed by atoms with Crippen LogP contribution in [0.15, 0.2) is 60.7 Å². The van der Waals surface area contributed by atoms with Crippen LogP contribution in [0.1, 0.15) is 50.7 Å². The molecule has 0 aliphatic carbocycles. The van der Waals surface area contributed by atoms with Crippen LogP contribution in [0.25, 0.3) is 0 Å². The van der Waals surface area contributed by atoms with Crippen molar-refractivity contribution >= 4 is 79.5 Å². The fourth-order valence-electron chi connectivity index (χ4n) is 4.78. The quantitative estimate of drug-likeness (QED) is 0.182. The minimum Gasteiger partial charge on any atom is -0.411 e. The van der Waals surface area contributed by atoms with E-state index in [0.717, 1.165) is 38.0 Å². The van der Waals surface area contributed by atoms with Crippen LogP contribution in [0, 0.1) is 11.8 Å². The maximum absolute atomic E-state index is 5.02. The SMILES string of the molecule is C[CH2][Sn+2][CH2]C.S=C([S-])N1CCC(Cc2ccccc2)CC1.S=C([S-])N1CCC(Cc2ccccc2)CC1. The topological polar surface area (TPSA) is 6.48 Å². The molecule has 37 heavy (non-hydrogen) atoms. The van der Waals surface area contributed by atoms with Gasteiger partial charge in [0, 0.05) is 26.2 Å². The second-order valence-electron chi connectivity index (χ2n) is 9.73. The monoisotopic (exact) mass is 678 g/mol. The van der Waals surface area contributed by atoms with Crippen LogP contribution in [0.4, 0.5) is 0 Å². The summed E-state index contributed by atoms with van der Waals surface area (Å²) in [7, 11) is 0. The van der Waals surface area contributed by atoms with Gasteiger partial charge in [-0.3, -0.25) is 0 Å². The van der Waals surface area contributed by atoms with E-state index in [9.17, 15) is 0 Å². The largest absolute Gasteiger partial charge is 0.411 e. The van der Waals surface area contributed by atoms with Gasteiger partial charge in [-0.2, -0.15) is 0 Å². The van der Waals surface area contributed by atoms with E-state index >= 15 is 0 Å². The molecular weight excluding hydrogens is 635 g/mol. The minimum absolute atomic E-state index is 0.218. The Hall–Kier alpha value is -0.541. The Morgan fingerprint density at radius 1 is 0.676 bits per heavy atom. The van der Waals surface area contributed by atoms with E-state index < -0.39 is 0 Å². The van der Waals surface area contributed by atoms with Gasteiger partial charge in [0.05, 0.1) is 0 Å². The van der Waals surface area contributed by atoms with Gasteiger partial charge < -0.3 is 59.5 Å². The summed E-state index contributed by atoms with van der Waals surface area (Å²) in [5.41, 5.74) is 2.89. The van der Waals surface area contributed by atoms with E-state index in [4.69, 9.17) is 49.7 Å². The Kier molecular flexibility index (Phi) is 17.2. The molecule has 2 aliphatic heterocycles. The molecule has 2 heterocycles. The standard InChI is InChI=1S/2C13H17NS2.2C2H5.Sn/c2*15-13(16)14-8-6-12(7-9-14)10-11-4-2-1-3-5-11;2*1-2;/h2*1-5,12H,6-10H2,(H,15,16);2*1H2,2H3;/q;;;;+2/p-2. The average molecular weight is 678 g/mol. The molecule has 2 fully saturated rings. The number of piperidine rings is 2. The van der Waals surface area contributed by atoms with Crippen LogP contribution in [-0.4, -0.2) is 65.8 Å². The number of nitrogens with zero attached hydrogens (tertiary/aromatic N) is 2. The van der Waals surface area contributed by atoms with Crippen molar-refractivity contribution in [3.8, 4) is 0 Å². The smallest absolute Gasteiger partial charge is 0.0165 e. The summed E-state index contributed by atoms with van der Waals surface area (Å²) in [6.45, 7) is 8.74. The maximum Gasteiger partial charge on any atom is 0.0165 e. The summed E-state index contributed by atoms with van der Waals surface area (Å²) in [6, 6.07) is 21.4. The second kappa shape index (κ2) is 19.5. The van der Waals surface area contributed by atoms with Crippen LogP contribution < -0.4 is 0 Å². The molecule has 200 valence electrons. The zero-order chi connectivity index (χ0) is 26.9. The molecular formula is C30H42N2S4Sn. The van der Waals surface area contributed by atoms with E-state index in [1.54, 1.807) is 0 Å². The van der Waals surface area contributed by atoms with Crippen molar-refractivity contribution in [2.75, 3.05) is 26.2 Å². The molecule has 4 rings (SSSR count). The average Bonchev–Trinajstić information content (AvgIpc) is 2.92. The molecule has 0 radical (unpaired) electrons. The third-order valence-corrected chi connectivity index (χ3v) is 10.9. The summed E-state index contributed by atoms with van der Waals surface area (Å²) < 4.78 is 4.30. The molecule has 2 nitrogen and oxygen atoms in total. The third-order valence-electron chi connectivity index (χ3n) is 6.98. The number of rotatable bonds is 6. The molecule has 0 bridgehead atoms. The van der Waals surface area contributed by atoms with E-state index in [1.807, 2.05) is 0 Å². The Morgan fingerprint density at radius 3 is 1.24 bits per heavy atom. The molecule has 0 atom stereocenters. The van der Waals surface area contributed by atoms with E-state index in [-0.39, 0.29) is 21.1 Å². The summed E-state index contributed by atoms with van der Waals surface area (Å²) >= 11 is 20.3. The van der Waals surface area contributed by atoms with Crippen LogP contribution >= 0.6 is 24.4 Å². The van der Waals surface area contributed by atoms with Crippen molar-refractivity contribution < 1.29 is 0 Å². The van der Waals surface area contributed by atoms with Crippen molar-refractivity contribution in [1.29, 1.82) is 0 Å². The predicted octanol–water partition coefficient (Wildman–Crippen LogP) is 7.11. The number of benzene rings is 2. The molecule has 0 amide bonds. The Labute approximate surface area is 258 Å². The molecule has 0 N–H and O–H groups in total. The van der Waals surface area contributed by atoms with Gasteiger partial charge in [0.1, 0.15) is 0 Å². The third kappa shape index (κ3) is 13.9. The second-order valence-corrected chi connectivity index (χ2v) is 17.3. The van der Waals surface area contributed by atoms with Gasteiger partial charge in [-0.25, -0.2) is 0 Å². The van der Waals surface area contributed by atoms with Crippen molar-refractivity contribution in [3.63, 3.8) is 0 Å². The first-order valence-electron chi connectivity index (χ1n) is 13.6. The Morgan fingerprint density at radius 2 is 1.00 bits per heavy atom. The Balaban J connectivity index is 0.000000221. The first kappa shape index (κ1) is 32.7. The van der Waals surface area contributed by atoms with Crippen LogP contribution in [0.3, 0.4) is 0 Å². The van der Waals surface area contributed by atoms with Crippen LogP contribution in [0.5, 0.6) is 0 Å². The molecule has 2 aromatic rings. The molecule has 2 saturated heterocycles. The van der Waals surface area contributed by atoms with Gasteiger partial charge in [-0.05, 0) is 61.5 Å².